The quantitative estimate of drug-likeness (QED) is 0.277. The Kier molecular flexibility index (Phi) is 8.45. The summed E-state index contributed by atoms with van der Waals surface area (Å²) in [6.45, 7) is 10.8. The van der Waals surface area contributed by atoms with Crippen LogP contribution in [0.4, 0.5) is 0 Å². The first-order chi connectivity index (χ1) is 16.6. The molecule has 1 aromatic rings. The van der Waals surface area contributed by atoms with Crippen molar-refractivity contribution in [2.75, 3.05) is 0 Å². The Morgan fingerprint density at radius 2 is 1.33 bits per heavy atom. The van der Waals surface area contributed by atoms with Gasteiger partial charge in [-0.05, 0) is 67.7 Å². The van der Waals surface area contributed by atoms with Gasteiger partial charge in [0.15, 0.2) is 23.1 Å². The fourth-order valence-corrected chi connectivity index (χ4v) is 4.52. The minimum Gasteiger partial charge on any atom is -0.507 e. The van der Waals surface area contributed by atoms with E-state index in [-0.39, 0.29) is 24.0 Å². The maximum atomic E-state index is 13.6. The Labute approximate surface area is 210 Å². The van der Waals surface area contributed by atoms with Crippen LogP contribution in [-0.2, 0) is 32.0 Å². The van der Waals surface area contributed by atoms with E-state index < -0.39 is 75.4 Å². The van der Waals surface area contributed by atoms with Crippen molar-refractivity contribution in [3.63, 3.8) is 0 Å². The third-order valence-electron chi connectivity index (χ3n) is 6.71. The maximum Gasteiger partial charge on any atom is 0.167 e. The van der Waals surface area contributed by atoms with Crippen molar-refractivity contribution in [3.8, 4) is 17.2 Å². The van der Waals surface area contributed by atoms with Crippen molar-refractivity contribution in [3.05, 3.63) is 40.0 Å². The molecule has 1 fully saturated rings. The SMILES string of the molecule is CC(=O)c1c(O)c(CC=C(C)C)c(O)c(CC2C(=O)C(C(C)=O)C(=O)C(C)(CC=C(C)C)C2=O)c1O. The molecule has 1 aliphatic rings. The molecule has 0 radical (unpaired) electrons. The zero-order valence-corrected chi connectivity index (χ0v) is 21.8. The fourth-order valence-electron chi connectivity index (χ4n) is 4.52. The van der Waals surface area contributed by atoms with E-state index in [0.717, 1.165) is 25.0 Å². The van der Waals surface area contributed by atoms with Gasteiger partial charge in [-0.15, -0.1) is 0 Å². The van der Waals surface area contributed by atoms with Gasteiger partial charge >= 0.3 is 0 Å². The number of phenols is 3. The highest BCUT2D eigenvalue weighted by Crippen LogP contribution is 2.46. The summed E-state index contributed by atoms with van der Waals surface area (Å²) in [5.74, 6) is -8.86. The molecule has 1 aliphatic carbocycles. The monoisotopic (exact) mass is 498 g/mol. The number of aromatic hydroxyl groups is 3. The van der Waals surface area contributed by atoms with Crippen LogP contribution in [0.2, 0.25) is 0 Å². The van der Waals surface area contributed by atoms with Crippen LogP contribution in [0.15, 0.2) is 23.3 Å². The highest BCUT2D eigenvalue weighted by Gasteiger charge is 2.57. The van der Waals surface area contributed by atoms with Crippen LogP contribution in [0, 0.1) is 17.3 Å². The summed E-state index contributed by atoms with van der Waals surface area (Å²) in [5, 5.41) is 32.4. The highest BCUT2D eigenvalue weighted by molar-refractivity contribution is 6.33. The molecule has 0 saturated heterocycles. The molecule has 2 rings (SSSR count). The lowest BCUT2D eigenvalue weighted by Crippen LogP contribution is -2.56. The summed E-state index contributed by atoms with van der Waals surface area (Å²) < 4.78 is 0. The topological polar surface area (TPSA) is 146 Å². The molecule has 0 heterocycles. The van der Waals surface area contributed by atoms with Crippen molar-refractivity contribution in [1.29, 1.82) is 0 Å². The number of phenolic OH excluding ortho intramolecular Hbond substituents is 3. The van der Waals surface area contributed by atoms with Crippen LogP contribution >= 0.6 is 0 Å². The number of benzene rings is 1. The van der Waals surface area contributed by atoms with Crippen LogP contribution < -0.4 is 0 Å². The molecular weight excluding hydrogens is 464 g/mol. The molecule has 194 valence electrons. The van der Waals surface area contributed by atoms with Gasteiger partial charge in [-0.2, -0.15) is 0 Å². The normalized spacial score (nSPS) is 21.8. The number of allylic oxidation sites excluding steroid dienone is 4. The molecule has 8 heteroatoms. The van der Waals surface area contributed by atoms with Crippen molar-refractivity contribution < 1.29 is 39.3 Å². The van der Waals surface area contributed by atoms with Crippen LogP contribution in [-0.4, -0.2) is 44.2 Å². The zero-order chi connectivity index (χ0) is 27.7. The first kappa shape index (κ1) is 28.7. The molecular formula is C28H34O8. The van der Waals surface area contributed by atoms with E-state index in [2.05, 4.69) is 0 Å². The second-order valence-electron chi connectivity index (χ2n) is 10.2. The van der Waals surface area contributed by atoms with Gasteiger partial charge in [-0.1, -0.05) is 23.3 Å². The number of Topliss-reactive ketones (excluding diaryl/α,β-unsaturated/α-hetero) is 5. The number of ketones is 5. The van der Waals surface area contributed by atoms with Crippen molar-refractivity contribution in [2.24, 2.45) is 17.3 Å². The summed E-state index contributed by atoms with van der Waals surface area (Å²) in [4.78, 5) is 64.6. The molecule has 3 unspecified atom stereocenters. The fraction of sp³-hybridized carbons (Fsp3) is 0.464. The van der Waals surface area contributed by atoms with E-state index in [9.17, 15) is 39.3 Å². The van der Waals surface area contributed by atoms with Crippen LogP contribution in [0.1, 0.15) is 76.4 Å². The van der Waals surface area contributed by atoms with E-state index >= 15 is 0 Å². The van der Waals surface area contributed by atoms with E-state index in [1.165, 1.54) is 6.92 Å². The summed E-state index contributed by atoms with van der Waals surface area (Å²) in [6.07, 6.45) is 2.84. The number of hydrogen-bond donors (Lipinski definition) is 3. The van der Waals surface area contributed by atoms with Gasteiger partial charge in [-0.25, -0.2) is 0 Å². The number of rotatable bonds is 8. The third kappa shape index (κ3) is 5.17. The molecule has 0 amide bonds. The molecule has 0 aliphatic heterocycles. The lowest BCUT2D eigenvalue weighted by molar-refractivity contribution is -0.157. The second kappa shape index (κ2) is 10.6. The largest absolute Gasteiger partial charge is 0.507 e. The molecule has 0 bridgehead atoms. The van der Waals surface area contributed by atoms with Gasteiger partial charge in [0.25, 0.3) is 0 Å². The van der Waals surface area contributed by atoms with Crippen molar-refractivity contribution in [1.82, 2.24) is 0 Å². The molecule has 3 atom stereocenters. The van der Waals surface area contributed by atoms with Crippen LogP contribution in [0.25, 0.3) is 0 Å². The lowest BCUT2D eigenvalue weighted by atomic mass is 9.60. The van der Waals surface area contributed by atoms with Gasteiger partial charge in [-0.3, -0.25) is 24.0 Å². The molecule has 1 aromatic carbocycles. The Hall–Kier alpha value is -3.55. The summed E-state index contributed by atoms with van der Waals surface area (Å²) in [7, 11) is 0. The molecule has 1 saturated carbocycles. The molecule has 8 nitrogen and oxygen atoms in total. The maximum absolute atomic E-state index is 13.6. The van der Waals surface area contributed by atoms with Gasteiger partial charge in [0.1, 0.15) is 34.5 Å². The molecule has 0 spiro atoms. The first-order valence-electron chi connectivity index (χ1n) is 11.7. The van der Waals surface area contributed by atoms with E-state index in [0.29, 0.717) is 0 Å². The molecule has 0 aromatic heterocycles. The van der Waals surface area contributed by atoms with Crippen LogP contribution in [0.5, 0.6) is 17.2 Å². The average molecular weight is 499 g/mol. The standard InChI is InChI=1S/C28H34O8/c1-13(2)8-9-17-22(31)18(24(33)20(15(5)29)23(17)32)12-19-25(34)21(16(6)30)27(36)28(7,26(19)35)11-10-14(3)4/h8,10,19,21,31-33H,9,11-12H2,1-7H3. The summed E-state index contributed by atoms with van der Waals surface area (Å²) in [5.41, 5.74) is -0.721. The van der Waals surface area contributed by atoms with E-state index in [4.69, 9.17) is 0 Å². The molecule has 3 N–H and O–H groups in total. The predicted octanol–water partition coefficient (Wildman–Crippen LogP) is 3.96. The smallest absolute Gasteiger partial charge is 0.167 e. The predicted molar refractivity (Wildman–Crippen MR) is 133 cm³/mol. The minimum absolute atomic E-state index is 0.0153. The van der Waals surface area contributed by atoms with E-state index in [1.807, 2.05) is 0 Å². The Bertz CT molecular complexity index is 1210. The summed E-state index contributed by atoms with van der Waals surface area (Å²) in [6, 6.07) is 0. The molecule has 36 heavy (non-hydrogen) atoms. The lowest BCUT2D eigenvalue weighted by Gasteiger charge is -2.37. The second-order valence-corrected chi connectivity index (χ2v) is 10.2. The third-order valence-corrected chi connectivity index (χ3v) is 6.71. The summed E-state index contributed by atoms with van der Waals surface area (Å²) >= 11 is 0. The zero-order valence-electron chi connectivity index (χ0n) is 21.8. The van der Waals surface area contributed by atoms with Crippen molar-refractivity contribution >= 4 is 28.9 Å². The number of carbonyl (C=O) groups is 5. The Morgan fingerprint density at radius 1 is 0.806 bits per heavy atom. The van der Waals surface area contributed by atoms with Crippen molar-refractivity contribution in [2.45, 2.75) is 67.7 Å². The first-order valence-corrected chi connectivity index (χ1v) is 11.7. The van der Waals surface area contributed by atoms with E-state index in [1.54, 1.807) is 39.8 Å². The average Bonchev–Trinajstić information content (AvgIpc) is 2.75. The Morgan fingerprint density at radius 3 is 1.81 bits per heavy atom. The number of carbonyl (C=O) groups excluding carboxylic acids is 5. The van der Waals surface area contributed by atoms with Gasteiger partial charge < -0.3 is 15.3 Å². The Balaban J connectivity index is 2.76. The van der Waals surface area contributed by atoms with Crippen LogP contribution in [0.3, 0.4) is 0 Å². The van der Waals surface area contributed by atoms with Gasteiger partial charge in [0.05, 0.1) is 11.3 Å². The van der Waals surface area contributed by atoms with Gasteiger partial charge in [0.2, 0.25) is 0 Å². The highest BCUT2D eigenvalue weighted by atomic mass is 16.3. The number of hydrogen-bond acceptors (Lipinski definition) is 8. The van der Waals surface area contributed by atoms with Gasteiger partial charge in [0, 0.05) is 11.1 Å². The minimum atomic E-state index is -1.66.